The lowest BCUT2D eigenvalue weighted by Crippen LogP contribution is -2.29. The first kappa shape index (κ1) is 12.8. The van der Waals surface area contributed by atoms with Gasteiger partial charge in [0, 0.05) is 11.4 Å². The molecule has 1 aliphatic rings. The van der Waals surface area contributed by atoms with E-state index in [1.807, 2.05) is 0 Å². The van der Waals surface area contributed by atoms with Crippen LogP contribution in [0.25, 0.3) is 0 Å². The van der Waals surface area contributed by atoms with Gasteiger partial charge in [-0.25, -0.2) is 4.98 Å². The molecule has 1 aromatic rings. The summed E-state index contributed by atoms with van der Waals surface area (Å²) in [5.74, 6) is 0. The van der Waals surface area contributed by atoms with Gasteiger partial charge in [-0.15, -0.1) is 11.3 Å². The zero-order valence-corrected chi connectivity index (χ0v) is 11.3. The number of nitrogen functional groups attached to an aromatic ring is 1. The molecule has 0 atom stereocenters. The van der Waals surface area contributed by atoms with Gasteiger partial charge < -0.3 is 11.1 Å². The van der Waals surface area contributed by atoms with Gasteiger partial charge >= 0.3 is 0 Å². The molecule has 0 saturated heterocycles. The molecule has 3 nitrogen and oxygen atoms in total. The maximum Gasteiger partial charge on any atom is 0.180 e. The van der Waals surface area contributed by atoms with Crippen LogP contribution in [-0.4, -0.2) is 17.6 Å². The molecule has 2 rings (SSSR count). The average Bonchev–Trinajstić information content (AvgIpc) is 2.59. The molecule has 0 aromatic carbocycles. The summed E-state index contributed by atoms with van der Waals surface area (Å²) in [5.41, 5.74) is 6.76. The first-order valence-corrected chi connectivity index (χ1v) is 7.66. The van der Waals surface area contributed by atoms with Crippen LogP contribution in [0.4, 0.5) is 5.13 Å². The Balaban J connectivity index is 1.59. The topological polar surface area (TPSA) is 50.9 Å². The number of nitrogens with two attached hydrogens (primary N) is 1. The highest BCUT2D eigenvalue weighted by Crippen LogP contribution is 2.17. The van der Waals surface area contributed by atoms with E-state index in [9.17, 15) is 0 Å². The monoisotopic (exact) mass is 253 g/mol. The van der Waals surface area contributed by atoms with Crippen molar-refractivity contribution in [3.8, 4) is 0 Å². The number of nitrogens with zero attached hydrogens (tertiary/aromatic N) is 1. The Hall–Kier alpha value is -0.610. The fourth-order valence-electron chi connectivity index (χ4n) is 2.50. The lowest BCUT2D eigenvalue weighted by molar-refractivity contribution is 0.455. The highest BCUT2D eigenvalue weighted by Gasteiger charge is 2.10. The number of hydrogen-bond donors (Lipinski definition) is 2. The second kappa shape index (κ2) is 6.97. The Bertz CT molecular complexity index is 316. The van der Waals surface area contributed by atoms with Gasteiger partial charge in [0.2, 0.25) is 0 Å². The van der Waals surface area contributed by atoms with Crippen molar-refractivity contribution >= 4 is 16.5 Å². The van der Waals surface area contributed by atoms with Crippen LogP contribution in [0.3, 0.4) is 0 Å². The van der Waals surface area contributed by atoms with Crippen LogP contribution in [0.2, 0.25) is 0 Å². The van der Waals surface area contributed by atoms with Crippen molar-refractivity contribution in [2.24, 2.45) is 0 Å². The third-order valence-electron chi connectivity index (χ3n) is 3.47. The lowest BCUT2D eigenvalue weighted by atomic mass is 10.1. The average molecular weight is 253 g/mol. The second-order valence-corrected chi connectivity index (χ2v) is 5.81. The summed E-state index contributed by atoms with van der Waals surface area (Å²) < 4.78 is 0. The van der Waals surface area contributed by atoms with Gasteiger partial charge in [0.05, 0.1) is 5.69 Å². The predicted molar refractivity (Wildman–Crippen MR) is 74.3 cm³/mol. The second-order valence-electron chi connectivity index (χ2n) is 4.92. The Labute approximate surface area is 108 Å². The Morgan fingerprint density at radius 2 is 2.06 bits per heavy atom. The molecule has 3 N–H and O–H groups in total. The van der Waals surface area contributed by atoms with Crippen molar-refractivity contribution < 1.29 is 0 Å². The number of thiazole rings is 1. The van der Waals surface area contributed by atoms with Gasteiger partial charge in [0.1, 0.15) is 0 Å². The van der Waals surface area contributed by atoms with Gasteiger partial charge in [0.15, 0.2) is 5.13 Å². The quantitative estimate of drug-likeness (QED) is 0.626. The molecule has 0 radical (unpaired) electrons. The van der Waals surface area contributed by atoms with E-state index >= 15 is 0 Å². The third-order valence-corrected chi connectivity index (χ3v) is 4.19. The van der Waals surface area contributed by atoms with E-state index < -0.39 is 0 Å². The fourth-order valence-corrected chi connectivity index (χ4v) is 3.09. The summed E-state index contributed by atoms with van der Waals surface area (Å²) >= 11 is 1.54. The predicted octanol–water partition coefficient (Wildman–Crippen LogP) is 2.97. The van der Waals surface area contributed by atoms with Crippen LogP contribution in [0.1, 0.15) is 50.6 Å². The molecule has 0 unspecified atom stereocenters. The van der Waals surface area contributed by atoms with E-state index in [0.717, 1.165) is 24.7 Å². The molecule has 1 aliphatic carbocycles. The van der Waals surface area contributed by atoms with Gasteiger partial charge in [-0.05, 0) is 32.2 Å². The van der Waals surface area contributed by atoms with Gasteiger partial charge in [-0.2, -0.15) is 0 Å². The van der Waals surface area contributed by atoms with Crippen LogP contribution in [0, 0.1) is 0 Å². The molecule has 1 heterocycles. The number of aromatic nitrogens is 1. The minimum atomic E-state index is 0.691. The van der Waals surface area contributed by atoms with Gasteiger partial charge in [-0.1, -0.05) is 25.7 Å². The van der Waals surface area contributed by atoms with Crippen LogP contribution in [-0.2, 0) is 6.42 Å². The number of aryl methyl sites for hydroxylation is 1. The molecule has 0 aliphatic heterocycles. The highest BCUT2D eigenvalue weighted by atomic mass is 32.1. The maximum atomic E-state index is 5.61. The Kier molecular flexibility index (Phi) is 5.26. The molecule has 0 amide bonds. The highest BCUT2D eigenvalue weighted by molar-refractivity contribution is 7.13. The van der Waals surface area contributed by atoms with Crippen molar-refractivity contribution in [1.82, 2.24) is 10.3 Å². The molecular weight excluding hydrogens is 230 g/mol. The number of rotatable bonds is 5. The van der Waals surface area contributed by atoms with Crippen molar-refractivity contribution in [2.75, 3.05) is 12.3 Å². The van der Waals surface area contributed by atoms with Crippen molar-refractivity contribution in [1.29, 1.82) is 0 Å². The SMILES string of the molecule is Nc1nc(CCCNC2CCCCCC2)cs1. The van der Waals surface area contributed by atoms with E-state index in [2.05, 4.69) is 15.7 Å². The summed E-state index contributed by atoms with van der Waals surface area (Å²) in [6.07, 6.45) is 10.6. The molecule has 1 saturated carbocycles. The lowest BCUT2D eigenvalue weighted by Gasteiger charge is -2.15. The number of hydrogen-bond acceptors (Lipinski definition) is 4. The Morgan fingerprint density at radius 3 is 2.71 bits per heavy atom. The van der Waals surface area contributed by atoms with Crippen LogP contribution in [0.5, 0.6) is 0 Å². The maximum absolute atomic E-state index is 5.61. The molecule has 0 bridgehead atoms. The first-order chi connectivity index (χ1) is 8.34. The number of nitrogens with one attached hydrogen (secondary N) is 1. The molecular formula is C13H23N3S. The van der Waals surface area contributed by atoms with Crippen molar-refractivity contribution in [3.05, 3.63) is 11.1 Å². The van der Waals surface area contributed by atoms with Gasteiger partial charge in [0.25, 0.3) is 0 Å². The van der Waals surface area contributed by atoms with Crippen LogP contribution < -0.4 is 11.1 Å². The number of anilines is 1. The summed E-state index contributed by atoms with van der Waals surface area (Å²) in [7, 11) is 0. The molecule has 96 valence electrons. The van der Waals surface area contributed by atoms with E-state index in [4.69, 9.17) is 5.73 Å². The summed E-state index contributed by atoms with van der Waals surface area (Å²) in [6, 6.07) is 0.762. The van der Waals surface area contributed by atoms with E-state index in [0.29, 0.717) is 5.13 Å². The Morgan fingerprint density at radius 1 is 1.29 bits per heavy atom. The summed E-state index contributed by atoms with van der Waals surface area (Å²) in [6.45, 7) is 1.11. The minimum Gasteiger partial charge on any atom is -0.375 e. The van der Waals surface area contributed by atoms with E-state index in [-0.39, 0.29) is 0 Å². The van der Waals surface area contributed by atoms with Gasteiger partial charge in [-0.3, -0.25) is 0 Å². The minimum absolute atomic E-state index is 0.691. The largest absolute Gasteiger partial charge is 0.375 e. The summed E-state index contributed by atoms with van der Waals surface area (Å²) in [4.78, 5) is 4.28. The normalized spacial score (nSPS) is 18.1. The zero-order valence-electron chi connectivity index (χ0n) is 10.5. The smallest absolute Gasteiger partial charge is 0.180 e. The molecule has 0 spiro atoms. The first-order valence-electron chi connectivity index (χ1n) is 6.78. The molecule has 1 fully saturated rings. The van der Waals surface area contributed by atoms with E-state index in [1.165, 1.54) is 56.3 Å². The van der Waals surface area contributed by atoms with E-state index in [1.54, 1.807) is 0 Å². The molecule has 4 heteroatoms. The zero-order chi connectivity index (χ0) is 11.9. The standard InChI is InChI=1S/C13H23N3S/c14-13-16-12(10-17-13)8-5-9-15-11-6-3-1-2-4-7-11/h10-11,15H,1-9H2,(H2,14,16). The molecule has 17 heavy (non-hydrogen) atoms. The fraction of sp³-hybridized carbons (Fsp3) is 0.769. The van der Waals surface area contributed by atoms with Crippen molar-refractivity contribution in [3.63, 3.8) is 0 Å². The summed E-state index contributed by atoms with van der Waals surface area (Å²) in [5, 5.41) is 6.44. The van der Waals surface area contributed by atoms with Crippen LogP contribution >= 0.6 is 11.3 Å². The third kappa shape index (κ3) is 4.64. The van der Waals surface area contributed by atoms with Crippen molar-refractivity contribution in [2.45, 2.75) is 57.4 Å². The molecule has 1 aromatic heterocycles. The van der Waals surface area contributed by atoms with Crippen LogP contribution in [0.15, 0.2) is 5.38 Å².